The Balaban J connectivity index is 3.03. The molecule has 0 spiro atoms. The van der Waals surface area contributed by atoms with Crippen molar-refractivity contribution >= 4 is 16.6 Å². The van der Waals surface area contributed by atoms with Gasteiger partial charge in [-0.25, -0.2) is 0 Å². The van der Waals surface area contributed by atoms with Crippen LogP contribution in [-0.2, 0) is 0 Å². The molecule has 1 aromatic carbocycles. The maximum atomic E-state index is 8.97. The quantitative estimate of drug-likeness (QED) is 0.740. The molecule has 0 aliphatic heterocycles. The Kier molecular flexibility index (Phi) is 4.88. The highest BCUT2D eigenvalue weighted by Gasteiger charge is 2.06. The zero-order chi connectivity index (χ0) is 12.0. The second-order valence-electron chi connectivity index (χ2n) is 3.38. The number of allylic oxidation sites excluding steroid dienone is 1. The van der Waals surface area contributed by atoms with Crippen LogP contribution in [0.2, 0.25) is 0 Å². The van der Waals surface area contributed by atoms with E-state index in [1.165, 1.54) is 0 Å². The normalized spacial score (nSPS) is 11.6. The highest BCUT2D eigenvalue weighted by atomic mass is 35.5. The standard InChI is InChI=1S/C13H14ClNO/c1-3-4-11(9-15)13(14)10-5-7-12(16-2)8-6-10/h5-8H,3-4H2,1-2H3. The molecule has 0 unspecified atom stereocenters. The minimum Gasteiger partial charge on any atom is -0.497 e. The van der Waals surface area contributed by atoms with Crippen molar-refractivity contribution < 1.29 is 4.74 Å². The van der Waals surface area contributed by atoms with Crippen LogP contribution in [0.25, 0.3) is 5.03 Å². The molecular weight excluding hydrogens is 222 g/mol. The lowest BCUT2D eigenvalue weighted by Gasteiger charge is -2.04. The van der Waals surface area contributed by atoms with E-state index < -0.39 is 0 Å². The fourth-order valence-electron chi connectivity index (χ4n) is 1.38. The van der Waals surface area contributed by atoms with Crippen LogP contribution in [0.4, 0.5) is 0 Å². The van der Waals surface area contributed by atoms with Gasteiger partial charge in [0.25, 0.3) is 0 Å². The first-order chi connectivity index (χ1) is 7.72. The van der Waals surface area contributed by atoms with E-state index in [2.05, 4.69) is 6.07 Å². The highest BCUT2D eigenvalue weighted by Crippen LogP contribution is 2.26. The zero-order valence-corrected chi connectivity index (χ0v) is 10.2. The molecule has 1 aromatic rings. The van der Waals surface area contributed by atoms with E-state index in [4.69, 9.17) is 21.6 Å². The third-order valence-electron chi connectivity index (χ3n) is 2.24. The Morgan fingerprint density at radius 3 is 2.44 bits per heavy atom. The van der Waals surface area contributed by atoms with Gasteiger partial charge in [-0.3, -0.25) is 0 Å². The molecule has 1 rings (SSSR count). The van der Waals surface area contributed by atoms with Gasteiger partial charge < -0.3 is 4.74 Å². The largest absolute Gasteiger partial charge is 0.497 e. The first-order valence-corrected chi connectivity index (χ1v) is 5.53. The summed E-state index contributed by atoms with van der Waals surface area (Å²) in [6, 6.07) is 9.52. The van der Waals surface area contributed by atoms with Gasteiger partial charge in [0.05, 0.1) is 18.2 Å². The lowest BCUT2D eigenvalue weighted by molar-refractivity contribution is 0.415. The molecule has 84 valence electrons. The molecule has 2 nitrogen and oxygen atoms in total. The first-order valence-electron chi connectivity index (χ1n) is 5.16. The van der Waals surface area contributed by atoms with Crippen molar-refractivity contribution in [3.63, 3.8) is 0 Å². The minimum atomic E-state index is 0.534. The van der Waals surface area contributed by atoms with Gasteiger partial charge in [0.2, 0.25) is 0 Å². The number of hydrogen-bond acceptors (Lipinski definition) is 2. The number of nitrogens with zero attached hydrogens (tertiary/aromatic N) is 1. The van der Waals surface area contributed by atoms with Crippen LogP contribution < -0.4 is 4.74 Å². The fraction of sp³-hybridized carbons (Fsp3) is 0.308. The van der Waals surface area contributed by atoms with Crippen molar-refractivity contribution in [3.05, 3.63) is 35.4 Å². The smallest absolute Gasteiger partial charge is 0.118 e. The Morgan fingerprint density at radius 1 is 1.38 bits per heavy atom. The van der Waals surface area contributed by atoms with Crippen molar-refractivity contribution in [2.24, 2.45) is 0 Å². The summed E-state index contributed by atoms with van der Waals surface area (Å²) in [4.78, 5) is 0. The molecule has 0 N–H and O–H groups in total. The Morgan fingerprint density at radius 2 is 2.00 bits per heavy atom. The molecule has 0 heterocycles. The van der Waals surface area contributed by atoms with Crippen molar-refractivity contribution in [2.45, 2.75) is 19.8 Å². The molecule has 0 saturated carbocycles. The van der Waals surface area contributed by atoms with E-state index in [9.17, 15) is 0 Å². The number of methoxy groups -OCH3 is 1. The van der Waals surface area contributed by atoms with Gasteiger partial charge in [-0.05, 0) is 36.2 Å². The SMILES string of the molecule is CCCC(C#N)=C(Cl)c1ccc(OC)cc1. The second-order valence-corrected chi connectivity index (χ2v) is 3.76. The van der Waals surface area contributed by atoms with Gasteiger partial charge in [-0.2, -0.15) is 5.26 Å². The zero-order valence-electron chi connectivity index (χ0n) is 9.46. The lowest BCUT2D eigenvalue weighted by atomic mass is 10.1. The van der Waals surface area contributed by atoms with Gasteiger partial charge in [0.15, 0.2) is 0 Å². The summed E-state index contributed by atoms with van der Waals surface area (Å²) >= 11 is 6.16. The molecule has 3 heteroatoms. The van der Waals surface area contributed by atoms with Crippen LogP contribution >= 0.6 is 11.6 Å². The van der Waals surface area contributed by atoms with Gasteiger partial charge in [-0.15, -0.1) is 0 Å². The molecule has 0 fully saturated rings. The number of halogens is 1. The monoisotopic (exact) mass is 235 g/mol. The third kappa shape index (κ3) is 3.01. The van der Waals surface area contributed by atoms with Crippen molar-refractivity contribution in [2.75, 3.05) is 7.11 Å². The van der Waals surface area contributed by atoms with Crippen LogP contribution in [-0.4, -0.2) is 7.11 Å². The van der Waals surface area contributed by atoms with E-state index in [1.807, 2.05) is 31.2 Å². The average molecular weight is 236 g/mol. The molecule has 0 aromatic heterocycles. The molecule has 0 radical (unpaired) electrons. The van der Waals surface area contributed by atoms with Crippen LogP contribution in [0.1, 0.15) is 25.3 Å². The molecule has 0 bridgehead atoms. The van der Waals surface area contributed by atoms with Crippen LogP contribution in [0.3, 0.4) is 0 Å². The van der Waals surface area contributed by atoms with E-state index in [1.54, 1.807) is 7.11 Å². The number of ether oxygens (including phenoxy) is 1. The van der Waals surface area contributed by atoms with E-state index in [0.717, 1.165) is 17.7 Å². The summed E-state index contributed by atoms with van der Waals surface area (Å²) in [7, 11) is 1.62. The predicted octanol–water partition coefficient (Wildman–Crippen LogP) is 3.97. The molecular formula is C13H14ClNO. The average Bonchev–Trinajstić information content (AvgIpc) is 2.35. The number of hydrogen-bond donors (Lipinski definition) is 0. The first kappa shape index (κ1) is 12.6. The molecule has 0 saturated heterocycles. The van der Waals surface area contributed by atoms with E-state index in [0.29, 0.717) is 17.0 Å². The molecule has 0 aliphatic carbocycles. The van der Waals surface area contributed by atoms with Crippen molar-refractivity contribution in [3.8, 4) is 11.8 Å². The van der Waals surface area contributed by atoms with E-state index >= 15 is 0 Å². The number of benzene rings is 1. The van der Waals surface area contributed by atoms with Crippen molar-refractivity contribution in [1.29, 1.82) is 5.26 Å². The number of nitriles is 1. The summed E-state index contributed by atoms with van der Waals surface area (Å²) < 4.78 is 5.06. The Labute approximate surface area is 101 Å². The summed E-state index contributed by atoms with van der Waals surface area (Å²) in [5.74, 6) is 0.780. The molecule has 16 heavy (non-hydrogen) atoms. The van der Waals surface area contributed by atoms with Crippen LogP contribution in [0.15, 0.2) is 29.8 Å². The van der Waals surface area contributed by atoms with Gasteiger partial charge in [0, 0.05) is 5.57 Å². The minimum absolute atomic E-state index is 0.534. The highest BCUT2D eigenvalue weighted by molar-refractivity contribution is 6.49. The maximum Gasteiger partial charge on any atom is 0.118 e. The number of rotatable bonds is 4. The summed E-state index contributed by atoms with van der Waals surface area (Å²) in [5, 5.41) is 9.51. The topological polar surface area (TPSA) is 33.0 Å². The van der Waals surface area contributed by atoms with E-state index in [-0.39, 0.29) is 0 Å². The predicted molar refractivity (Wildman–Crippen MR) is 66.3 cm³/mol. The lowest BCUT2D eigenvalue weighted by Crippen LogP contribution is -1.87. The Hall–Kier alpha value is -1.46. The summed E-state index contributed by atoms with van der Waals surface area (Å²) in [5.41, 5.74) is 1.49. The van der Waals surface area contributed by atoms with Crippen LogP contribution in [0.5, 0.6) is 5.75 Å². The summed E-state index contributed by atoms with van der Waals surface area (Å²) in [6.45, 7) is 2.02. The van der Waals surface area contributed by atoms with Crippen LogP contribution in [0, 0.1) is 11.3 Å². The van der Waals surface area contributed by atoms with Crippen molar-refractivity contribution in [1.82, 2.24) is 0 Å². The third-order valence-corrected chi connectivity index (χ3v) is 2.69. The van der Waals surface area contributed by atoms with Gasteiger partial charge in [0.1, 0.15) is 5.75 Å². The Bertz CT molecular complexity index is 415. The summed E-state index contributed by atoms with van der Waals surface area (Å²) in [6.07, 6.45) is 1.62. The second kappa shape index (κ2) is 6.19. The molecule has 0 amide bonds. The molecule has 0 aliphatic rings. The van der Waals surface area contributed by atoms with Gasteiger partial charge >= 0.3 is 0 Å². The maximum absolute atomic E-state index is 8.97. The van der Waals surface area contributed by atoms with Gasteiger partial charge in [-0.1, -0.05) is 24.9 Å². The molecule has 0 atom stereocenters. The fourth-order valence-corrected chi connectivity index (χ4v) is 1.64.